The third kappa shape index (κ3) is 5.13. The molecule has 138 valence electrons. The van der Waals surface area contributed by atoms with Crippen LogP contribution in [0.25, 0.3) is 10.9 Å². The number of ether oxygens (including phenoxy) is 1. The van der Waals surface area contributed by atoms with Crippen molar-refractivity contribution in [2.24, 2.45) is 0 Å². The summed E-state index contributed by atoms with van der Waals surface area (Å²) < 4.78 is 4.90. The van der Waals surface area contributed by atoms with Crippen LogP contribution in [-0.2, 0) is 25.5 Å². The Morgan fingerprint density at radius 2 is 2.00 bits per heavy atom. The summed E-state index contributed by atoms with van der Waals surface area (Å²) in [6.07, 6.45) is 0.148. The number of aromatic nitrogens is 2. The van der Waals surface area contributed by atoms with Gasteiger partial charge in [-0.25, -0.2) is 4.98 Å². The lowest BCUT2D eigenvalue weighted by Gasteiger charge is -2.15. The number of para-hydroxylation sites is 1. The Kier molecular flexibility index (Phi) is 6.42. The molecule has 0 radical (unpaired) electrons. The molecule has 26 heavy (non-hydrogen) atoms. The zero-order valence-corrected chi connectivity index (χ0v) is 14.6. The minimum absolute atomic E-state index is 0.0340. The van der Waals surface area contributed by atoms with E-state index in [4.69, 9.17) is 4.74 Å². The van der Waals surface area contributed by atoms with E-state index in [1.807, 2.05) is 0 Å². The maximum atomic E-state index is 12.0. The third-order valence-electron chi connectivity index (χ3n) is 3.67. The van der Waals surface area contributed by atoms with E-state index in [9.17, 15) is 19.2 Å². The van der Waals surface area contributed by atoms with Crippen LogP contribution >= 0.6 is 0 Å². The molecule has 2 aromatic rings. The number of aromatic amines is 1. The molecule has 1 heterocycles. The van der Waals surface area contributed by atoms with Crippen LogP contribution in [0.5, 0.6) is 0 Å². The quantitative estimate of drug-likeness (QED) is 0.648. The summed E-state index contributed by atoms with van der Waals surface area (Å²) in [5.41, 5.74) is 0.274. The second kappa shape index (κ2) is 8.75. The Morgan fingerprint density at radius 3 is 2.73 bits per heavy atom. The second-order valence-corrected chi connectivity index (χ2v) is 5.61. The molecule has 0 atom stereocenters. The van der Waals surface area contributed by atoms with Gasteiger partial charge in [0.15, 0.2) is 6.61 Å². The maximum Gasteiger partial charge on any atom is 0.306 e. The van der Waals surface area contributed by atoms with Crippen molar-refractivity contribution >= 4 is 28.7 Å². The van der Waals surface area contributed by atoms with Crippen molar-refractivity contribution in [2.75, 3.05) is 27.2 Å². The smallest absolute Gasteiger partial charge is 0.306 e. The minimum atomic E-state index is -0.595. The first kappa shape index (κ1) is 19.1. The molecule has 0 aliphatic carbocycles. The zero-order chi connectivity index (χ0) is 19.1. The van der Waals surface area contributed by atoms with Crippen molar-refractivity contribution in [3.05, 3.63) is 40.4 Å². The van der Waals surface area contributed by atoms with Gasteiger partial charge in [0.25, 0.3) is 11.5 Å². The number of carbonyl (C=O) groups is 3. The largest absolute Gasteiger partial charge is 0.456 e. The summed E-state index contributed by atoms with van der Waals surface area (Å²) in [6.45, 7) is -0.566. The molecule has 2 rings (SSSR count). The predicted molar refractivity (Wildman–Crippen MR) is 93.3 cm³/mol. The SMILES string of the molecule is CNC(=O)CN(C)C(=O)COC(=O)CCc1nc2ccccc2c(=O)[nH]1. The van der Waals surface area contributed by atoms with Crippen molar-refractivity contribution < 1.29 is 19.1 Å². The number of rotatable bonds is 7. The highest BCUT2D eigenvalue weighted by Crippen LogP contribution is 2.06. The molecule has 1 aromatic carbocycles. The normalized spacial score (nSPS) is 10.4. The van der Waals surface area contributed by atoms with Crippen LogP contribution in [0.3, 0.4) is 0 Å². The van der Waals surface area contributed by atoms with E-state index in [-0.39, 0.29) is 30.9 Å². The first-order valence-corrected chi connectivity index (χ1v) is 7.99. The lowest BCUT2D eigenvalue weighted by atomic mass is 10.2. The summed E-state index contributed by atoms with van der Waals surface area (Å²) in [7, 11) is 2.90. The number of fused-ring (bicyclic) bond motifs is 1. The number of likely N-dealkylation sites (N-methyl/N-ethyl adjacent to an activating group) is 2. The van der Waals surface area contributed by atoms with Gasteiger partial charge in [-0.05, 0) is 12.1 Å². The predicted octanol–water partition coefficient (Wildman–Crippen LogP) is -0.397. The number of hydrogen-bond acceptors (Lipinski definition) is 6. The van der Waals surface area contributed by atoms with E-state index < -0.39 is 18.5 Å². The molecule has 0 aliphatic heterocycles. The summed E-state index contributed by atoms with van der Waals surface area (Å²) in [5.74, 6) is -1.03. The van der Waals surface area contributed by atoms with Crippen LogP contribution in [0, 0.1) is 0 Å². The fourth-order valence-electron chi connectivity index (χ4n) is 2.18. The molecule has 9 heteroatoms. The van der Waals surface area contributed by atoms with E-state index >= 15 is 0 Å². The molecular formula is C17H20N4O5. The highest BCUT2D eigenvalue weighted by atomic mass is 16.5. The van der Waals surface area contributed by atoms with Crippen LogP contribution in [0.15, 0.2) is 29.1 Å². The van der Waals surface area contributed by atoms with Gasteiger partial charge in [0.1, 0.15) is 5.82 Å². The number of aryl methyl sites for hydroxylation is 1. The van der Waals surface area contributed by atoms with Crippen molar-refractivity contribution in [1.29, 1.82) is 0 Å². The van der Waals surface area contributed by atoms with Crippen LogP contribution < -0.4 is 10.9 Å². The molecule has 0 bridgehead atoms. The number of carbonyl (C=O) groups excluding carboxylic acids is 3. The average Bonchev–Trinajstić information content (AvgIpc) is 2.64. The van der Waals surface area contributed by atoms with E-state index in [2.05, 4.69) is 15.3 Å². The van der Waals surface area contributed by atoms with E-state index in [0.717, 1.165) is 4.90 Å². The van der Waals surface area contributed by atoms with Gasteiger partial charge < -0.3 is 19.9 Å². The van der Waals surface area contributed by atoms with Crippen molar-refractivity contribution in [2.45, 2.75) is 12.8 Å². The number of nitrogens with zero attached hydrogens (tertiary/aromatic N) is 2. The van der Waals surface area contributed by atoms with Crippen LogP contribution in [-0.4, -0.2) is 59.9 Å². The van der Waals surface area contributed by atoms with Crippen LogP contribution in [0.2, 0.25) is 0 Å². The van der Waals surface area contributed by atoms with Crippen molar-refractivity contribution in [3.63, 3.8) is 0 Å². The first-order chi connectivity index (χ1) is 12.4. The number of amides is 2. The summed E-state index contributed by atoms with van der Waals surface area (Å²) in [6, 6.07) is 6.90. The van der Waals surface area contributed by atoms with Crippen molar-refractivity contribution in [1.82, 2.24) is 20.2 Å². The Bertz CT molecular complexity index is 877. The van der Waals surface area contributed by atoms with Crippen LogP contribution in [0.1, 0.15) is 12.2 Å². The molecule has 0 fully saturated rings. The van der Waals surface area contributed by atoms with Gasteiger partial charge in [0.05, 0.1) is 23.9 Å². The molecule has 0 saturated carbocycles. The number of esters is 1. The number of hydrogen-bond donors (Lipinski definition) is 2. The van der Waals surface area contributed by atoms with Gasteiger partial charge >= 0.3 is 5.97 Å². The van der Waals surface area contributed by atoms with Gasteiger partial charge in [0.2, 0.25) is 5.91 Å². The van der Waals surface area contributed by atoms with Gasteiger partial charge in [-0.15, -0.1) is 0 Å². The molecule has 1 aromatic heterocycles. The van der Waals surface area contributed by atoms with E-state index in [0.29, 0.717) is 16.7 Å². The van der Waals surface area contributed by atoms with Gasteiger partial charge in [-0.3, -0.25) is 19.2 Å². The van der Waals surface area contributed by atoms with Gasteiger partial charge in [-0.1, -0.05) is 12.1 Å². The highest BCUT2D eigenvalue weighted by molar-refractivity contribution is 5.86. The van der Waals surface area contributed by atoms with Crippen molar-refractivity contribution in [3.8, 4) is 0 Å². The fraction of sp³-hybridized carbons (Fsp3) is 0.353. The summed E-state index contributed by atoms with van der Waals surface area (Å²) in [5, 5.41) is 2.87. The van der Waals surface area contributed by atoms with Gasteiger partial charge in [0, 0.05) is 20.5 Å². The monoisotopic (exact) mass is 360 g/mol. The molecule has 0 aliphatic rings. The Balaban J connectivity index is 1.84. The standard InChI is InChI=1S/C17H20N4O5/c1-18-14(22)9-21(2)15(23)10-26-16(24)8-7-13-19-12-6-4-3-5-11(12)17(25)20-13/h3-6H,7-10H2,1-2H3,(H,18,22)(H,19,20,25). The molecule has 0 unspecified atom stereocenters. The van der Waals surface area contributed by atoms with Crippen LogP contribution in [0.4, 0.5) is 0 Å². The molecule has 9 nitrogen and oxygen atoms in total. The second-order valence-electron chi connectivity index (χ2n) is 5.61. The van der Waals surface area contributed by atoms with E-state index in [1.165, 1.54) is 14.1 Å². The topological polar surface area (TPSA) is 121 Å². The molecule has 0 saturated heterocycles. The Labute approximate surface area is 149 Å². The lowest BCUT2D eigenvalue weighted by Crippen LogP contribution is -2.39. The maximum absolute atomic E-state index is 12.0. The number of benzene rings is 1. The zero-order valence-electron chi connectivity index (χ0n) is 14.6. The van der Waals surface area contributed by atoms with E-state index in [1.54, 1.807) is 24.3 Å². The molecule has 2 N–H and O–H groups in total. The molecular weight excluding hydrogens is 340 g/mol. The van der Waals surface area contributed by atoms with Gasteiger partial charge in [-0.2, -0.15) is 0 Å². The number of nitrogens with one attached hydrogen (secondary N) is 2. The summed E-state index contributed by atoms with van der Waals surface area (Å²) in [4.78, 5) is 54.8. The first-order valence-electron chi connectivity index (χ1n) is 7.99. The highest BCUT2D eigenvalue weighted by Gasteiger charge is 2.15. The third-order valence-corrected chi connectivity index (χ3v) is 3.67. The molecule has 2 amide bonds. The fourth-order valence-corrected chi connectivity index (χ4v) is 2.18. The lowest BCUT2D eigenvalue weighted by molar-refractivity contribution is -0.151. The summed E-state index contributed by atoms with van der Waals surface area (Å²) >= 11 is 0. The Morgan fingerprint density at radius 1 is 1.27 bits per heavy atom. The average molecular weight is 360 g/mol. The Hall–Kier alpha value is -3.23. The molecule has 0 spiro atoms. The number of H-pyrrole nitrogens is 1. The minimum Gasteiger partial charge on any atom is -0.456 e.